The SMILES string of the molecule is Clc1ccc(OC2CCN(c3nc4nonc4nc3Nc3ccc4c(c3)CCO4)CC2)cc1. The molecule has 0 unspecified atom stereocenters. The number of hydrogen-bond acceptors (Lipinski definition) is 9. The number of nitrogens with one attached hydrogen (secondary N) is 1. The van der Waals surface area contributed by atoms with Crippen LogP contribution < -0.4 is 19.7 Å². The summed E-state index contributed by atoms with van der Waals surface area (Å²) in [7, 11) is 0. The van der Waals surface area contributed by atoms with E-state index in [9.17, 15) is 0 Å². The molecule has 0 bridgehead atoms. The molecule has 1 fully saturated rings. The van der Waals surface area contributed by atoms with Gasteiger partial charge in [0.25, 0.3) is 0 Å². The summed E-state index contributed by atoms with van der Waals surface area (Å²) in [6.07, 6.45) is 2.74. The Morgan fingerprint density at radius 1 is 1.00 bits per heavy atom. The third-order valence-electron chi connectivity index (χ3n) is 5.91. The van der Waals surface area contributed by atoms with E-state index < -0.39 is 0 Å². The van der Waals surface area contributed by atoms with Gasteiger partial charge in [0.05, 0.1) is 6.61 Å². The molecule has 0 spiro atoms. The highest BCUT2D eigenvalue weighted by Crippen LogP contribution is 2.33. The quantitative estimate of drug-likeness (QED) is 0.460. The Hall–Kier alpha value is -3.59. The Labute approximate surface area is 194 Å². The van der Waals surface area contributed by atoms with E-state index in [1.165, 1.54) is 5.56 Å². The lowest BCUT2D eigenvalue weighted by atomic mass is 10.1. The van der Waals surface area contributed by atoms with Crippen LogP contribution in [-0.2, 0) is 6.42 Å². The van der Waals surface area contributed by atoms with Crippen molar-refractivity contribution in [2.24, 2.45) is 0 Å². The number of piperidine rings is 1. The molecule has 2 aromatic carbocycles. The van der Waals surface area contributed by atoms with Crippen LogP contribution in [0.3, 0.4) is 0 Å². The normalized spacial score (nSPS) is 16.0. The van der Waals surface area contributed by atoms with Crippen LogP contribution in [0.1, 0.15) is 18.4 Å². The summed E-state index contributed by atoms with van der Waals surface area (Å²) < 4.78 is 16.6. The molecule has 4 heterocycles. The van der Waals surface area contributed by atoms with Crippen molar-refractivity contribution in [2.75, 3.05) is 29.9 Å². The van der Waals surface area contributed by atoms with Gasteiger partial charge in [0.1, 0.15) is 17.6 Å². The number of ether oxygens (including phenoxy) is 2. The minimum Gasteiger partial charge on any atom is -0.493 e. The second kappa shape index (κ2) is 8.40. The van der Waals surface area contributed by atoms with E-state index in [4.69, 9.17) is 30.7 Å². The topological polar surface area (TPSA) is 98.4 Å². The van der Waals surface area contributed by atoms with Gasteiger partial charge in [-0.1, -0.05) is 11.6 Å². The summed E-state index contributed by atoms with van der Waals surface area (Å²) in [4.78, 5) is 11.5. The van der Waals surface area contributed by atoms with Crippen molar-refractivity contribution < 1.29 is 14.1 Å². The first-order chi connectivity index (χ1) is 16.2. The standard InChI is InChI=1S/C23H21ClN6O3/c24-15-1-4-17(5-2-15)32-18-7-10-30(11-8-18)23-22(26-20-21(27-23)29-33-28-20)25-16-3-6-19-14(13-16)9-12-31-19/h1-6,13,18H,7-12H2,(H,25,26,28). The van der Waals surface area contributed by atoms with Gasteiger partial charge in [-0.25, -0.2) is 14.6 Å². The molecule has 2 aromatic heterocycles. The van der Waals surface area contributed by atoms with Gasteiger partial charge in [0.2, 0.25) is 11.3 Å². The van der Waals surface area contributed by atoms with Crippen molar-refractivity contribution in [3.8, 4) is 11.5 Å². The molecular weight excluding hydrogens is 444 g/mol. The average Bonchev–Trinajstić information content (AvgIpc) is 3.49. The molecule has 0 atom stereocenters. The molecular formula is C23H21ClN6O3. The van der Waals surface area contributed by atoms with Crippen molar-refractivity contribution in [3.05, 3.63) is 53.1 Å². The largest absolute Gasteiger partial charge is 0.493 e. The minimum absolute atomic E-state index is 0.126. The van der Waals surface area contributed by atoms with E-state index >= 15 is 0 Å². The maximum absolute atomic E-state index is 6.13. The molecule has 1 saturated heterocycles. The zero-order valence-corrected chi connectivity index (χ0v) is 18.5. The molecule has 4 aromatic rings. The Morgan fingerprint density at radius 3 is 2.61 bits per heavy atom. The molecule has 0 aliphatic carbocycles. The van der Waals surface area contributed by atoms with Crippen LogP contribution in [-0.4, -0.2) is 46.1 Å². The summed E-state index contributed by atoms with van der Waals surface area (Å²) in [5.74, 6) is 3.11. The lowest BCUT2D eigenvalue weighted by Gasteiger charge is -2.33. The Kier molecular flexibility index (Phi) is 5.10. The first-order valence-corrected chi connectivity index (χ1v) is 11.3. The van der Waals surface area contributed by atoms with Gasteiger partial charge in [-0.3, -0.25) is 0 Å². The smallest absolute Gasteiger partial charge is 0.245 e. The molecule has 33 heavy (non-hydrogen) atoms. The highest BCUT2D eigenvalue weighted by atomic mass is 35.5. The number of halogens is 1. The van der Waals surface area contributed by atoms with Gasteiger partial charge in [-0.2, -0.15) is 0 Å². The van der Waals surface area contributed by atoms with Crippen molar-refractivity contribution in [1.29, 1.82) is 0 Å². The fourth-order valence-electron chi connectivity index (χ4n) is 4.23. The monoisotopic (exact) mass is 464 g/mol. The van der Waals surface area contributed by atoms with Gasteiger partial charge in [0, 0.05) is 43.1 Å². The predicted molar refractivity (Wildman–Crippen MR) is 124 cm³/mol. The van der Waals surface area contributed by atoms with Crippen LogP contribution in [0.4, 0.5) is 17.3 Å². The first kappa shape index (κ1) is 20.0. The van der Waals surface area contributed by atoms with Gasteiger partial charge < -0.3 is 19.7 Å². The molecule has 10 heteroatoms. The van der Waals surface area contributed by atoms with Crippen molar-refractivity contribution in [2.45, 2.75) is 25.4 Å². The van der Waals surface area contributed by atoms with Gasteiger partial charge in [-0.15, -0.1) is 0 Å². The fraction of sp³-hybridized carbons (Fsp3) is 0.304. The number of aromatic nitrogens is 4. The average molecular weight is 465 g/mol. The van der Waals surface area contributed by atoms with Crippen LogP contribution >= 0.6 is 11.6 Å². The lowest BCUT2D eigenvalue weighted by molar-refractivity contribution is 0.171. The van der Waals surface area contributed by atoms with Crippen molar-refractivity contribution in [3.63, 3.8) is 0 Å². The van der Waals surface area contributed by atoms with Crippen LogP contribution in [0, 0.1) is 0 Å². The van der Waals surface area contributed by atoms with E-state index in [0.717, 1.165) is 55.4 Å². The molecule has 6 rings (SSSR count). The first-order valence-electron chi connectivity index (χ1n) is 10.9. The van der Waals surface area contributed by atoms with Gasteiger partial charge in [-0.05, 0) is 58.3 Å². The zero-order valence-electron chi connectivity index (χ0n) is 17.7. The van der Waals surface area contributed by atoms with E-state index in [-0.39, 0.29) is 6.10 Å². The minimum atomic E-state index is 0.126. The number of benzene rings is 2. The summed E-state index contributed by atoms with van der Waals surface area (Å²) in [5, 5.41) is 11.9. The second-order valence-corrected chi connectivity index (χ2v) is 8.55. The molecule has 2 aliphatic rings. The van der Waals surface area contributed by atoms with Crippen LogP contribution in [0.5, 0.6) is 11.5 Å². The highest BCUT2D eigenvalue weighted by molar-refractivity contribution is 6.30. The maximum Gasteiger partial charge on any atom is 0.245 e. The van der Waals surface area contributed by atoms with Crippen LogP contribution in [0.25, 0.3) is 11.3 Å². The Morgan fingerprint density at radius 2 is 1.79 bits per heavy atom. The van der Waals surface area contributed by atoms with E-state index in [2.05, 4.69) is 31.6 Å². The third kappa shape index (κ3) is 4.11. The number of rotatable bonds is 5. The van der Waals surface area contributed by atoms with E-state index in [1.807, 2.05) is 36.4 Å². The van der Waals surface area contributed by atoms with Crippen LogP contribution in [0.2, 0.25) is 5.02 Å². The number of fused-ring (bicyclic) bond motifs is 2. The van der Waals surface area contributed by atoms with Crippen molar-refractivity contribution >= 4 is 40.2 Å². The highest BCUT2D eigenvalue weighted by Gasteiger charge is 2.25. The Bertz CT molecular complexity index is 1290. The molecule has 2 aliphatic heterocycles. The van der Waals surface area contributed by atoms with E-state index in [0.29, 0.717) is 28.7 Å². The third-order valence-corrected chi connectivity index (χ3v) is 6.16. The molecule has 9 nitrogen and oxygen atoms in total. The zero-order chi connectivity index (χ0) is 22.2. The number of anilines is 3. The van der Waals surface area contributed by atoms with Gasteiger partial charge in [0.15, 0.2) is 11.6 Å². The molecule has 0 saturated carbocycles. The lowest BCUT2D eigenvalue weighted by Crippen LogP contribution is -2.39. The predicted octanol–water partition coefficient (Wildman–Crippen LogP) is 4.39. The fourth-order valence-corrected chi connectivity index (χ4v) is 4.35. The number of nitrogens with zero attached hydrogens (tertiary/aromatic N) is 5. The van der Waals surface area contributed by atoms with Gasteiger partial charge >= 0.3 is 0 Å². The summed E-state index contributed by atoms with van der Waals surface area (Å²) in [6.45, 7) is 2.26. The summed E-state index contributed by atoms with van der Waals surface area (Å²) in [5.41, 5.74) is 2.86. The second-order valence-electron chi connectivity index (χ2n) is 8.11. The Balaban J connectivity index is 1.22. The maximum atomic E-state index is 6.13. The molecule has 0 amide bonds. The molecule has 0 radical (unpaired) electrons. The van der Waals surface area contributed by atoms with Crippen LogP contribution in [0.15, 0.2) is 47.1 Å². The summed E-state index contributed by atoms with van der Waals surface area (Å²) in [6, 6.07) is 13.5. The van der Waals surface area contributed by atoms with Crippen molar-refractivity contribution in [1.82, 2.24) is 20.3 Å². The number of hydrogen-bond donors (Lipinski definition) is 1. The molecule has 1 N–H and O–H groups in total. The summed E-state index contributed by atoms with van der Waals surface area (Å²) >= 11 is 5.97. The molecule has 168 valence electrons. The van der Waals surface area contributed by atoms with E-state index in [1.54, 1.807) is 0 Å².